The number of aryl methyl sites for hydroxylation is 2. The highest BCUT2D eigenvalue weighted by molar-refractivity contribution is 6.31. The van der Waals surface area contributed by atoms with Crippen LogP contribution in [-0.2, 0) is 20.0 Å². The van der Waals surface area contributed by atoms with E-state index in [4.69, 9.17) is 23.2 Å². The zero-order valence-electron chi connectivity index (χ0n) is 11.1. The smallest absolute Gasteiger partial charge is 0.0863 e. The Balaban J connectivity index is 1.89. The summed E-state index contributed by atoms with van der Waals surface area (Å²) in [6.07, 6.45) is 4.59. The highest BCUT2D eigenvalue weighted by atomic mass is 35.5. The SMILES string of the molecule is CCc1nn(C)c(CNCC2(CCCl)CC2)c1Cl. The van der Waals surface area contributed by atoms with Crippen molar-refractivity contribution in [1.82, 2.24) is 15.1 Å². The van der Waals surface area contributed by atoms with Crippen molar-refractivity contribution >= 4 is 23.2 Å². The zero-order valence-corrected chi connectivity index (χ0v) is 12.6. The van der Waals surface area contributed by atoms with E-state index < -0.39 is 0 Å². The highest BCUT2D eigenvalue weighted by Gasteiger charge is 2.41. The second-order valence-electron chi connectivity index (χ2n) is 5.23. The fraction of sp³-hybridized carbons (Fsp3) is 0.769. The Labute approximate surface area is 119 Å². The lowest BCUT2D eigenvalue weighted by Gasteiger charge is -2.14. The summed E-state index contributed by atoms with van der Waals surface area (Å²) in [7, 11) is 1.95. The van der Waals surface area contributed by atoms with E-state index in [2.05, 4.69) is 17.3 Å². The minimum atomic E-state index is 0.459. The molecule has 1 aliphatic carbocycles. The van der Waals surface area contributed by atoms with Crippen LogP contribution in [0.2, 0.25) is 5.02 Å². The van der Waals surface area contributed by atoms with Crippen molar-refractivity contribution in [3.63, 3.8) is 0 Å². The second-order valence-corrected chi connectivity index (χ2v) is 5.98. The summed E-state index contributed by atoms with van der Waals surface area (Å²) < 4.78 is 1.88. The molecule has 0 aromatic carbocycles. The molecule has 0 radical (unpaired) electrons. The van der Waals surface area contributed by atoms with Gasteiger partial charge in [0.15, 0.2) is 0 Å². The van der Waals surface area contributed by atoms with Crippen LogP contribution in [0.3, 0.4) is 0 Å². The van der Waals surface area contributed by atoms with Crippen LogP contribution < -0.4 is 5.32 Å². The Kier molecular flexibility index (Phi) is 4.57. The van der Waals surface area contributed by atoms with E-state index in [1.54, 1.807) is 0 Å². The zero-order chi connectivity index (χ0) is 13.2. The molecule has 0 spiro atoms. The van der Waals surface area contributed by atoms with E-state index in [1.165, 1.54) is 12.8 Å². The number of nitrogens with one attached hydrogen (secondary N) is 1. The van der Waals surface area contributed by atoms with Gasteiger partial charge in [0.2, 0.25) is 0 Å². The van der Waals surface area contributed by atoms with Gasteiger partial charge in [0.1, 0.15) is 0 Å². The van der Waals surface area contributed by atoms with Crippen molar-refractivity contribution in [3.05, 3.63) is 16.4 Å². The Morgan fingerprint density at radius 1 is 1.44 bits per heavy atom. The first-order chi connectivity index (χ1) is 8.62. The molecule has 1 fully saturated rings. The molecule has 1 saturated carbocycles. The Bertz CT molecular complexity index is 411. The van der Waals surface area contributed by atoms with Gasteiger partial charge in [-0.15, -0.1) is 11.6 Å². The topological polar surface area (TPSA) is 29.9 Å². The van der Waals surface area contributed by atoms with E-state index in [0.717, 1.165) is 48.2 Å². The van der Waals surface area contributed by atoms with Gasteiger partial charge in [-0.2, -0.15) is 5.10 Å². The van der Waals surface area contributed by atoms with Gasteiger partial charge in [0, 0.05) is 26.0 Å². The lowest BCUT2D eigenvalue weighted by molar-refractivity contribution is 0.440. The molecule has 1 aromatic rings. The first-order valence-corrected chi connectivity index (χ1v) is 7.50. The molecule has 2 rings (SSSR count). The number of aromatic nitrogens is 2. The molecule has 3 nitrogen and oxygen atoms in total. The first kappa shape index (κ1) is 14.2. The van der Waals surface area contributed by atoms with Crippen molar-refractivity contribution in [2.24, 2.45) is 12.5 Å². The molecule has 1 N–H and O–H groups in total. The molecule has 1 heterocycles. The fourth-order valence-corrected chi connectivity index (χ4v) is 3.11. The van der Waals surface area contributed by atoms with Gasteiger partial charge >= 0.3 is 0 Å². The van der Waals surface area contributed by atoms with Crippen LogP contribution >= 0.6 is 23.2 Å². The molecule has 1 aliphatic rings. The number of alkyl halides is 1. The van der Waals surface area contributed by atoms with Gasteiger partial charge in [0.25, 0.3) is 0 Å². The highest BCUT2D eigenvalue weighted by Crippen LogP contribution is 2.48. The summed E-state index contributed by atoms with van der Waals surface area (Å²) in [5.74, 6) is 0.758. The number of hydrogen-bond acceptors (Lipinski definition) is 2. The summed E-state index contributed by atoms with van der Waals surface area (Å²) in [4.78, 5) is 0. The standard InChI is InChI=1S/C13H21Cl2N3/c1-3-10-12(15)11(18(2)17-10)8-16-9-13(4-5-13)6-7-14/h16H,3-9H2,1-2H3. The molecule has 0 aliphatic heterocycles. The molecular formula is C13H21Cl2N3. The average Bonchev–Trinajstić information content (AvgIpc) is 3.05. The van der Waals surface area contributed by atoms with E-state index in [1.807, 2.05) is 11.7 Å². The summed E-state index contributed by atoms with van der Waals surface area (Å²) in [5, 5.41) is 8.74. The summed E-state index contributed by atoms with van der Waals surface area (Å²) in [5.41, 5.74) is 2.52. The van der Waals surface area contributed by atoms with Crippen molar-refractivity contribution in [3.8, 4) is 0 Å². The molecule has 5 heteroatoms. The summed E-state index contributed by atoms with van der Waals surface area (Å²) in [6, 6.07) is 0. The normalized spacial score (nSPS) is 17.1. The van der Waals surface area contributed by atoms with E-state index in [-0.39, 0.29) is 0 Å². The van der Waals surface area contributed by atoms with Gasteiger partial charge in [-0.25, -0.2) is 0 Å². The molecule has 102 valence electrons. The number of nitrogens with zero attached hydrogens (tertiary/aromatic N) is 2. The van der Waals surface area contributed by atoms with E-state index in [0.29, 0.717) is 5.41 Å². The molecule has 18 heavy (non-hydrogen) atoms. The maximum atomic E-state index is 6.31. The molecule has 0 atom stereocenters. The largest absolute Gasteiger partial charge is 0.311 e. The maximum Gasteiger partial charge on any atom is 0.0863 e. The van der Waals surface area contributed by atoms with Crippen LogP contribution in [0.1, 0.15) is 37.6 Å². The Morgan fingerprint density at radius 3 is 2.67 bits per heavy atom. The van der Waals surface area contributed by atoms with Crippen LogP contribution in [-0.4, -0.2) is 22.2 Å². The van der Waals surface area contributed by atoms with Crippen LogP contribution in [0.5, 0.6) is 0 Å². The minimum Gasteiger partial charge on any atom is -0.311 e. The lowest BCUT2D eigenvalue weighted by Crippen LogP contribution is -2.25. The van der Waals surface area contributed by atoms with Gasteiger partial charge in [-0.05, 0) is 31.1 Å². The molecule has 0 amide bonds. The molecular weight excluding hydrogens is 269 g/mol. The number of hydrogen-bond donors (Lipinski definition) is 1. The predicted octanol–water partition coefficient (Wildman–Crippen LogP) is 3.13. The van der Waals surface area contributed by atoms with Crippen molar-refractivity contribution in [2.45, 2.75) is 39.2 Å². The molecule has 1 aromatic heterocycles. The molecule has 0 bridgehead atoms. The van der Waals surface area contributed by atoms with Crippen LogP contribution in [0, 0.1) is 5.41 Å². The lowest BCUT2D eigenvalue weighted by atomic mass is 10.0. The van der Waals surface area contributed by atoms with Gasteiger partial charge < -0.3 is 5.32 Å². The van der Waals surface area contributed by atoms with Crippen LogP contribution in [0.25, 0.3) is 0 Å². The Hall–Kier alpha value is -0.250. The monoisotopic (exact) mass is 289 g/mol. The van der Waals surface area contributed by atoms with Crippen molar-refractivity contribution in [1.29, 1.82) is 0 Å². The summed E-state index contributed by atoms with van der Waals surface area (Å²) in [6.45, 7) is 3.89. The molecule has 0 unspecified atom stereocenters. The number of halogens is 2. The van der Waals surface area contributed by atoms with Crippen LogP contribution in [0.15, 0.2) is 0 Å². The van der Waals surface area contributed by atoms with E-state index >= 15 is 0 Å². The third-order valence-electron chi connectivity index (χ3n) is 3.88. The first-order valence-electron chi connectivity index (χ1n) is 6.59. The Morgan fingerprint density at radius 2 is 2.17 bits per heavy atom. The van der Waals surface area contributed by atoms with Crippen LogP contribution in [0.4, 0.5) is 0 Å². The van der Waals surface area contributed by atoms with Crippen molar-refractivity contribution < 1.29 is 0 Å². The fourth-order valence-electron chi connectivity index (χ4n) is 2.35. The van der Waals surface area contributed by atoms with Crippen molar-refractivity contribution in [2.75, 3.05) is 12.4 Å². The third kappa shape index (κ3) is 3.01. The average molecular weight is 290 g/mol. The minimum absolute atomic E-state index is 0.459. The number of rotatable bonds is 7. The van der Waals surface area contributed by atoms with E-state index in [9.17, 15) is 0 Å². The quantitative estimate of drug-likeness (QED) is 0.782. The predicted molar refractivity (Wildman–Crippen MR) is 76.3 cm³/mol. The van der Waals surface area contributed by atoms with Gasteiger partial charge in [-0.3, -0.25) is 4.68 Å². The van der Waals surface area contributed by atoms with Gasteiger partial charge in [0.05, 0.1) is 16.4 Å². The maximum absolute atomic E-state index is 6.31. The van der Waals surface area contributed by atoms with Gasteiger partial charge in [-0.1, -0.05) is 18.5 Å². The second kappa shape index (κ2) is 5.81. The molecule has 0 saturated heterocycles. The summed E-state index contributed by atoms with van der Waals surface area (Å²) >= 11 is 12.1. The third-order valence-corrected chi connectivity index (χ3v) is 4.50.